The van der Waals surface area contributed by atoms with Crippen molar-refractivity contribution >= 4 is 27.7 Å². The van der Waals surface area contributed by atoms with Crippen LogP contribution in [0, 0.1) is 36.7 Å². The molecule has 1 N–H and O–H groups in total. The predicted molar refractivity (Wildman–Crippen MR) is 194 cm³/mol. The number of fused-ring (bicyclic) bond motifs is 2. The Bertz CT molecular complexity index is 1720. The minimum Gasteiger partial charge on any atom is -0.512 e. The molecule has 0 unspecified atom stereocenters. The van der Waals surface area contributed by atoms with E-state index in [2.05, 4.69) is 78.8 Å². The summed E-state index contributed by atoms with van der Waals surface area (Å²) < 4.78 is 6.76. The van der Waals surface area contributed by atoms with Crippen molar-refractivity contribution < 1.29 is 34.4 Å². The number of hydrogen-bond acceptors (Lipinski definition) is 4. The molecule has 0 spiro atoms. The zero-order valence-electron chi connectivity index (χ0n) is 30.6. The van der Waals surface area contributed by atoms with E-state index in [0.717, 1.165) is 60.9 Å². The summed E-state index contributed by atoms with van der Waals surface area (Å²) in [5.74, 6) is 1.68. The summed E-state index contributed by atoms with van der Waals surface area (Å²) in [6, 6.07) is 12.7. The molecule has 1 aliphatic carbocycles. The number of ketones is 1. The molecule has 2 heterocycles. The molecule has 47 heavy (non-hydrogen) atoms. The summed E-state index contributed by atoms with van der Waals surface area (Å²) in [5.41, 5.74) is 10.4. The molecular weight excluding hydrogens is 759 g/mol. The summed E-state index contributed by atoms with van der Waals surface area (Å²) in [4.78, 5) is 16.7. The minimum absolute atomic E-state index is 0. The molecule has 4 aromatic rings. The number of nitrogens with zero attached hydrogens (tertiary/aromatic N) is 1. The van der Waals surface area contributed by atoms with Gasteiger partial charge in [-0.1, -0.05) is 116 Å². The molecule has 5 heteroatoms. The third-order valence-corrected chi connectivity index (χ3v) is 9.80. The number of rotatable bonds is 11. The second-order valence-electron chi connectivity index (χ2n) is 14.7. The van der Waals surface area contributed by atoms with Crippen LogP contribution in [0.3, 0.4) is 0 Å². The maximum Gasteiger partial charge on any atom is 0.162 e. The Kier molecular flexibility index (Phi) is 13.3. The van der Waals surface area contributed by atoms with E-state index in [0.29, 0.717) is 11.8 Å². The molecule has 0 aliphatic heterocycles. The van der Waals surface area contributed by atoms with Crippen LogP contribution in [0.4, 0.5) is 0 Å². The molecule has 0 saturated heterocycles. The van der Waals surface area contributed by atoms with Crippen molar-refractivity contribution in [3.05, 3.63) is 76.2 Å². The average Bonchev–Trinajstić information content (AvgIpc) is 3.37. The van der Waals surface area contributed by atoms with Gasteiger partial charge in [0.15, 0.2) is 5.78 Å². The number of aliphatic hydroxyl groups is 1. The van der Waals surface area contributed by atoms with Gasteiger partial charge in [-0.15, -0.1) is 17.7 Å². The van der Waals surface area contributed by atoms with Crippen molar-refractivity contribution in [3.8, 4) is 11.3 Å². The van der Waals surface area contributed by atoms with Gasteiger partial charge in [0.25, 0.3) is 0 Å². The fourth-order valence-corrected chi connectivity index (χ4v) is 7.09. The number of carbonyl (C=O) groups excluding carboxylic acids is 1. The van der Waals surface area contributed by atoms with Gasteiger partial charge in [0.1, 0.15) is 5.58 Å². The van der Waals surface area contributed by atoms with Gasteiger partial charge in [-0.25, -0.2) is 0 Å². The van der Waals surface area contributed by atoms with Crippen molar-refractivity contribution in [3.63, 3.8) is 0 Å². The Labute approximate surface area is 297 Å². The number of hydrogen-bond donors (Lipinski definition) is 1. The van der Waals surface area contributed by atoms with Crippen molar-refractivity contribution in [2.24, 2.45) is 23.7 Å². The fraction of sp³-hybridized carbons (Fsp3) is 0.524. The van der Waals surface area contributed by atoms with Gasteiger partial charge >= 0.3 is 0 Å². The third-order valence-electron chi connectivity index (χ3n) is 9.80. The first-order valence-corrected chi connectivity index (χ1v) is 17.6. The molecule has 1 aliphatic rings. The number of aromatic nitrogens is 1. The maximum absolute atomic E-state index is 11.7. The largest absolute Gasteiger partial charge is 0.512 e. The zero-order chi connectivity index (χ0) is 33.9. The smallest absolute Gasteiger partial charge is 0.162 e. The van der Waals surface area contributed by atoms with Crippen LogP contribution >= 0.6 is 0 Å². The summed E-state index contributed by atoms with van der Waals surface area (Å²) in [7, 11) is 0. The second-order valence-corrected chi connectivity index (χ2v) is 14.7. The zero-order valence-corrected chi connectivity index (χ0v) is 33.0. The van der Waals surface area contributed by atoms with Crippen LogP contribution < -0.4 is 0 Å². The molecule has 0 fully saturated rings. The summed E-state index contributed by atoms with van der Waals surface area (Å²) >= 11 is 0. The first-order valence-electron chi connectivity index (χ1n) is 17.6. The summed E-state index contributed by atoms with van der Waals surface area (Å²) in [5, 5.41) is 12.2. The van der Waals surface area contributed by atoms with Crippen molar-refractivity contribution in [1.82, 2.24) is 4.98 Å². The second kappa shape index (κ2) is 16.1. The quantitative estimate of drug-likeness (QED) is 0.0931. The molecule has 0 saturated carbocycles. The first kappa shape index (κ1) is 38.7. The predicted octanol–water partition coefficient (Wildman–Crippen LogP) is 11.7. The van der Waals surface area contributed by atoms with Crippen molar-refractivity contribution in [2.45, 2.75) is 120 Å². The third kappa shape index (κ3) is 7.94. The van der Waals surface area contributed by atoms with E-state index in [1.165, 1.54) is 44.7 Å². The van der Waals surface area contributed by atoms with E-state index >= 15 is 0 Å². The number of aliphatic hydroxyl groups excluding tert-OH is 1. The van der Waals surface area contributed by atoms with Crippen LogP contribution in [0.5, 0.6) is 0 Å². The Hall–Kier alpha value is -2.75. The van der Waals surface area contributed by atoms with Crippen LogP contribution in [0.1, 0.15) is 123 Å². The maximum atomic E-state index is 11.7. The number of furan rings is 1. The van der Waals surface area contributed by atoms with E-state index in [9.17, 15) is 9.90 Å². The Balaban J connectivity index is 0.000000322. The molecule has 0 atom stereocenters. The first-order chi connectivity index (χ1) is 21.8. The molecule has 2 aromatic heterocycles. The van der Waals surface area contributed by atoms with Gasteiger partial charge in [-0.3, -0.25) is 4.79 Å². The fourth-order valence-electron chi connectivity index (χ4n) is 7.09. The molecule has 0 bridgehead atoms. The summed E-state index contributed by atoms with van der Waals surface area (Å²) in [6.07, 6.45) is 8.89. The van der Waals surface area contributed by atoms with Gasteiger partial charge in [-0.05, 0) is 72.7 Å². The number of allylic oxidation sites excluding steroid dienone is 2. The van der Waals surface area contributed by atoms with Gasteiger partial charge in [0.2, 0.25) is 0 Å². The van der Waals surface area contributed by atoms with E-state index in [4.69, 9.17) is 9.40 Å². The van der Waals surface area contributed by atoms with Crippen LogP contribution in [0.25, 0.3) is 33.2 Å². The number of aryl methyl sites for hydroxylation is 1. The number of carbonyl (C=O) groups is 1. The Morgan fingerprint density at radius 2 is 1.47 bits per heavy atom. The molecular formula is C42H56IrNO3-. The molecule has 0 amide bonds. The molecule has 1 radical (unpaired) electrons. The van der Waals surface area contributed by atoms with E-state index < -0.39 is 0 Å². The van der Waals surface area contributed by atoms with Gasteiger partial charge in [0, 0.05) is 49.6 Å². The Morgan fingerprint density at radius 1 is 0.894 bits per heavy atom. The van der Waals surface area contributed by atoms with E-state index in [1.807, 2.05) is 33.9 Å². The van der Waals surface area contributed by atoms with Gasteiger partial charge in [0.05, 0.1) is 11.3 Å². The summed E-state index contributed by atoms with van der Waals surface area (Å²) in [6.45, 7) is 23.9. The number of pyridine rings is 1. The molecule has 5 rings (SSSR count). The number of benzene rings is 2. The van der Waals surface area contributed by atoms with Crippen LogP contribution in [-0.4, -0.2) is 15.9 Å². The average molecular weight is 815 g/mol. The van der Waals surface area contributed by atoms with Gasteiger partial charge in [-0.2, -0.15) is 0 Å². The normalized spacial score (nSPS) is 13.7. The van der Waals surface area contributed by atoms with Crippen molar-refractivity contribution in [2.75, 3.05) is 0 Å². The van der Waals surface area contributed by atoms with E-state index in [1.54, 1.807) is 0 Å². The molecule has 257 valence electrons. The molecule has 4 nitrogen and oxygen atoms in total. The van der Waals surface area contributed by atoms with E-state index in [-0.39, 0.29) is 48.9 Å². The van der Waals surface area contributed by atoms with Crippen LogP contribution in [-0.2, 0) is 43.2 Å². The van der Waals surface area contributed by atoms with Crippen LogP contribution in [0.15, 0.2) is 46.7 Å². The standard InChI is InChI=1S/C29H32NO.C13H24O2.Ir/c1-16(2)12-19-8-10-21-24-25-22(29(6,7)23-14-18(5)15-30-26(21)23)11-9-20(13-17(3)4)28(25)31-27(19)24;1-5-10(6-2)12(14)9-13(15)11(7-3)8-4;/h8-9,11,14-17H,12-13H2,1-7H3;9-11,14H,5-8H2,1-4H3;/q-1;;/b;12-9-;. The topological polar surface area (TPSA) is 63.3 Å². The molecule has 2 aromatic carbocycles. The van der Waals surface area contributed by atoms with Crippen LogP contribution in [0.2, 0.25) is 0 Å². The Morgan fingerprint density at radius 3 is 2.04 bits per heavy atom. The minimum atomic E-state index is -0.176. The monoisotopic (exact) mass is 815 g/mol. The van der Waals surface area contributed by atoms with Gasteiger partial charge < -0.3 is 14.5 Å². The SMILES string of the molecule is CCC(CC)C(=O)/C=C(\O)C(CC)CC.Cc1cnc2c(c1)C(C)(C)c1ccc(CC(C)C)c3oc4c(CC(C)C)c[c-]c-2c4c13.[Ir]. The van der Waals surface area contributed by atoms with Crippen molar-refractivity contribution in [1.29, 1.82) is 0 Å².